The number of non-ortho nitro benzene ring substituents is 1. The molecule has 0 saturated carbocycles. The van der Waals surface area contributed by atoms with Gasteiger partial charge in [0.2, 0.25) is 0 Å². The first-order valence-corrected chi connectivity index (χ1v) is 4.48. The van der Waals surface area contributed by atoms with E-state index in [1.807, 2.05) is 0 Å². The summed E-state index contributed by atoms with van der Waals surface area (Å²) in [5, 5.41) is 12.8. The smallest absolute Gasteiger partial charge is 0.270 e. The number of nitro groups is 1. The normalized spacial score (nSPS) is 9.29. The molecule has 6 nitrogen and oxygen atoms in total. The summed E-state index contributed by atoms with van der Waals surface area (Å²) in [7, 11) is 0. The van der Waals surface area contributed by atoms with Crippen molar-refractivity contribution in [3.63, 3.8) is 0 Å². The summed E-state index contributed by atoms with van der Waals surface area (Å²) >= 11 is 0. The fourth-order valence-corrected chi connectivity index (χ4v) is 1.08. The highest BCUT2D eigenvalue weighted by molar-refractivity contribution is 5.95. The maximum atomic E-state index is 13.2. The molecule has 17 heavy (non-hydrogen) atoms. The van der Waals surface area contributed by atoms with E-state index in [2.05, 4.69) is 5.32 Å². The summed E-state index contributed by atoms with van der Waals surface area (Å²) in [5.41, 5.74) is 4.46. The highest BCUT2D eigenvalue weighted by Crippen LogP contribution is 2.16. The largest absolute Gasteiger partial charge is 0.351 e. The summed E-state index contributed by atoms with van der Waals surface area (Å²) in [6.45, 7) is 0.392. The highest BCUT2D eigenvalue weighted by Gasteiger charge is 2.16. The van der Waals surface area contributed by atoms with E-state index in [9.17, 15) is 19.3 Å². The molecule has 0 aliphatic heterocycles. The van der Waals surface area contributed by atoms with Crippen LogP contribution in [0, 0.1) is 15.9 Å². The first kappa shape index (κ1) is 15.3. The molecule has 0 aliphatic rings. The fraction of sp³-hybridized carbons (Fsp3) is 0.222. The van der Waals surface area contributed by atoms with E-state index in [1.165, 1.54) is 0 Å². The van der Waals surface area contributed by atoms with Crippen LogP contribution in [0.2, 0.25) is 0 Å². The number of hydrogen-bond acceptors (Lipinski definition) is 4. The zero-order valence-corrected chi connectivity index (χ0v) is 9.50. The van der Waals surface area contributed by atoms with E-state index in [-0.39, 0.29) is 36.7 Å². The van der Waals surface area contributed by atoms with Gasteiger partial charge in [-0.2, -0.15) is 0 Å². The average molecular weight is 264 g/mol. The summed E-state index contributed by atoms with van der Waals surface area (Å²) in [5.74, 6) is -1.52. The van der Waals surface area contributed by atoms with Crippen molar-refractivity contribution in [3.8, 4) is 0 Å². The number of benzene rings is 1. The minimum Gasteiger partial charge on any atom is -0.351 e. The second-order valence-electron chi connectivity index (χ2n) is 2.97. The van der Waals surface area contributed by atoms with Gasteiger partial charge in [-0.1, -0.05) is 0 Å². The van der Waals surface area contributed by atoms with E-state index in [1.54, 1.807) is 0 Å². The lowest BCUT2D eigenvalue weighted by molar-refractivity contribution is -0.384. The van der Waals surface area contributed by atoms with Crippen LogP contribution in [-0.2, 0) is 0 Å². The van der Waals surface area contributed by atoms with Crippen LogP contribution in [-0.4, -0.2) is 23.9 Å². The number of nitrogens with two attached hydrogens (primary N) is 1. The zero-order chi connectivity index (χ0) is 12.1. The standard InChI is InChI=1S/C9H10FN3O3.ClH/c10-8-2-1-6(13(15)16)5-7(8)9(14)12-4-3-11;/h1-2,5H,3-4,11H2,(H,12,14);1H. The van der Waals surface area contributed by atoms with Crippen LogP contribution in [0.4, 0.5) is 10.1 Å². The highest BCUT2D eigenvalue weighted by atomic mass is 35.5. The lowest BCUT2D eigenvalue weighted by Gasteiger charge is -2.04. The Hall–Kier alpha value is -1.73. The number of carbonyl (C=O) groups is 1. The fourth-order valence-electron chi connectivity index (χ4n) is 1.08. The van der Waals surface area contributed by atoms with Crippen molar-refractivity contribution in [2.45, 2.75) is 0 Å². The Kier molecular flexibility index (Phi) is 6.08. The third-order valence-electron chi connectivity index (χ3n) is 1.84. The van der Waals surface area contributed by atoms with Crippen molar-refractivity contribution in [1.29, 1.82) is 0 Å². The molecule has 1 aromatic carbocycles. The summed E-state index contributed by atoms with van der Waals surface area (Å²) in [6.07, 6.45) is 0. The van der Waals surface area contributed by atoms with Crippen LogP contribution in [0.25, 0.3) is 0 Å². The quantitative estimate of drug-likeness (QED) is 0.621. The van der Waals surface area contributed by atoms with Gasteiger partial charge in [0.05, 0.1) is 10.5 Å². The van der Waals surface area contributed by atoms with E-state index in [0.717, 1.165) is 18.2 Å². The lowest BCUT2D eigenvalue weighted by Crippen LogP contribution is -2.29. The number of nitro benzene ring substituents is 1. The SMILES string of the molecule is Cl.NCCNC(=O)c1cc([N+](=O)[O-])ccc1F. The summed E-state index contributed by atoms with van der Waals surface area (Å²) < 4.78 is 13.2. The van der Waals surface area contributed by atoms with Gasteiger partial charge in [-0.15, -0.1) is 12.4 Å². The van der Waals surface area contributed by atoms with Gasteiger partial charge in [0.15, 0.2) is 0 Å². The molecular weight excluding hydrogens is 253 g/mol. The molecule has 0 heterocycles. The minimum absolute atomic E-state index is 0. The number of carbonyl (C=O) groups excluding carboxylic acids is 1. The van der Waals surface area contributed by atoms with Crippen molar-refractivity contribution >= 4 is 24.0 Å². The van der Waals surface area contributed by atoms with E-state index < -0.39 is 16.6 Å². The van der Waals surface area contributed by atoms with E-state index >= 15 is 0 Å². The molecule has 94 valence electrons. The molecule has 0 saturated heterocycles. The molecule has 8 heteroatoms. The molecule has 0 radical (unpaired) electrons. The number of hydrogen-bond donors (Lipinski definition) is 2. The number of nitrogens with one attached hydrogen (secondary N) is 1. The summed E-state index contributed by atoms with van der Waals surface area (Å²) in [4.78, 5) is 21.1. The molecule has 0 spiro atoms. The Bertz CT molecular complexity index is 428. The number of amides is 1. The molecule has 1 rings (SSSR count). The maximum absolute atomic E-state index is 13.2. The Morgan fingerprint density at radius 1 is 1.53 bits per heavy atom. The number of rotatable bonds is 4. The van der Waals surface area contributed by atoms with Gasteiger partial charge >= 0.3 is 0 Å². The van der Waals surface area contributed by atoms with Gasteiger partial charge in [-0.3, -0.25) is 14.9 Å². The molecule has 0 bridgehead atoms. The molecule has 1 aromatic rings. The van der Waals surface area contributed by atoms with Crippen molar-refractivity contribution in [3.05, 3.63) is 39.7 Å². The second-order valence-corrected chi connectivity index (χ2v) is 2.97. The number of halogens is 2. The van der Waals surface area contributed by atoms with Crippen LogP contribution in [0.1, 0.15) is 10.4 Å². The van der Waals surface area contributed by atoms with Crippen LogP contribution in [0.3, 0.4) is 0 Å². The maximum Gasteiger partial charge on any atom is 0.270 e. The van der Waals surface area contributed by atoms with Crippen molar-refractivity contribution < 1.29 is 14.1 Å². The third kappa shape index (κ3) is 3.97. The van der Waals surface area contributed by atoms with E-state index in [4.69, 9.17) is 5.73 Å². The van der Waals surface area contributed by atoms with Gasteiger partial charge in [0.25, 0.3) is 11.6 Å². The minimum atomic E-state index is -0.805. The molecule has 3 N–H and O–H groups in total. The molecule has 0 aliphatic carbocycles. The average Bonchev–Trinajstić information content (AvgIpc) is 2.26. The van der Waals surface area contributed by atoms with Crippen LogP contribution in [0.15, 0.2) is 18.2 Å². The van der Waals surface area contributed by atoms with Crippen molar-refractivity contribution in [2.75, 3.05) is 13.1 Å². The van der Waals surface area contributed by atoms with Crippen molar-refractivity contribution in [1.82, 2.24) is 5.32 Å². The molecule has 0 unspecified atom stereocenters. The lowest BCUT2D eigenvalue weighted by atomic mass is 10.1. The Morgan fingerprint density at radius 3 is 2.71 bits per heavy atom. The van der Waals surface area contributed by atoms with Gasteiger partial charge in [-0.05, 0) is 6.07 Å². The van der Waals surface area contributed by atoms with Gasteiger partial charge in [0, 0.05) is 25.2 Å². The van der Waals surface area contributed by atoms with Crippen LogP contribution < -0.4 is 11.1 Å². The molecule has 1 amide bonds. The van der Waals surface area contributed by atoms with Gasteiger partial charge < -0.3 is 11.1 Å². The van der Waals surface area contributed by atoms with E-state index in [0.29, 0.717) is 0 Å². The Balaban J connectivity index is 0.00000256. The monoisotopic (exact) mass is 263 g/mol. The molecule has 0 fully saturated rings. The zero-order valence-electron chi connectivity index (χ0n) is 8.68. The van der Waals surface area contributed by atoms with Crippen LogP contribution >= 0.6 is 12.4 Å². The summed E-state index contributed by atoms with van der Waals surface area (Å²) in [6, 6.07) is 2.77. The Morgan fingerprint density at radius 2 is 2.18 bits per heavy atom. The van der Waals surface area contributed by atoms with Crippen LogP contribution in [0.5, 0.6) is 0 Å². The Labute approximate surface area is 103 Å². The van der Waals surface area contributed by atoms with Gasteiger partial charge in [0.1, 0.15) is 5.82 Å². The first-order chi connectivity index (χ1) is 7.56. The first-order valence-electron chi connectivity index (χ1n) is 4.48. The topological polar surface area (TPSA) is 98.3 Å². The molecular formula is C9H11ClFN3O3. The second kappa shape index (κ2) is 6.77. The molecule has 0 atom stereocenters. The third-order valence-corrected chi connectivity index (χ3v) is 1.84. The molecule has 0 aromatic heterocycles. The van der Waals surface area contributed by atoms with Crippen molar-refractivity contribution in [2.24, 2.45) is 5.73 Å². The number of nitrogens with zero attached hydrogens (tertiary/aromatic N) is 1. The van der Waals surface area contributed by atoms with Gasteiger partial charge in [-0.25, -0.2) is 4.39 Å². The predicted octanol–water partition coefficient (Wildman–Crippen LogP) is 0.844. The predicted molar refractivity (Wildman–Crippen MR) is 61.7 cm³/mol.